The van der Waals surface area contributed by atoms with Gasteiger partial charge in [0.2, 0.25) is 5.91 Å². The predicted octanol–water partition coefficient (Wildman–Crippen LogP) is 3.50. The van der Waals surface area contributed by atoms with Crippen molar-refractivity contribution >= 4 is 28.8 Å². The van der Waals surface area contributed by atoms with Crippen LogP contribution in [0.2, 0.25) is 0 Å². The summed E-state index contributed by atoms with van der Waals surface area (Å²) in [5, 5.41) is 6.14. The molecule has 1 saturated carbocycles. The zero-order valence-electron chi connectivity index (χ0n) is 17.6. The summed E-state index contributed by atoms with van der Waals surface area (Å²) in [6, 6.07) is 7.54. The highest BCUT2D eigenvalue weighted by molar-refractivity contribution is 6.07. The van der Waals surface area contributed by atoms with Gasteiger partial charge in [-0.3, -0.25) is 14.9 Å². The maximum absolute atomic E-state index is 13.1. The van der Waals surface area contributed by atoms with E-state index in [1.54, 1.807) is 4.90 Å². The molecule has 4 amide bonds. The molecule has 1 aromatic carbocycles. The van der Waals surface area contributed by atoms with E-state index in [0.29, 0.717) is 32.2 Å². The summed E-state index contributed by atoms with van der Waals surface area (Å²) in [5.74, 6) is 0.646. The molecule has 2 heterocycles. The van der Waals surface area contributed by atoms with Gasteiger partial charge in [0.1, 0.15) is 16.9 Å². The van der Waals surface area contributed by atoms with Crippen molar-refractivity contribution in [3.63, 3.8) is 0 Å². The van der Waals surface area contributed by atoms with Crippen molar-refractivity contribution in [3.05, 3.63) is 35.6 Å². The lowest BCUT2D eigenvalue weighted by atomic mass is 9.76. The van der Waals surface area contributed by atoms with E-state index in [4.69, 9.17) is 4.42 Å². The zero-order valence-corrected chi connectivity index (χ0v) is 17.6. The Bertz CT molecular complexity index is 972. The minimum Gasteiger partial charge on any atom is -0.461 e. The number of para-hydroxylation sites is 1. The Kier molecular flexibility index (Phi) is 5.54. The van der Waals surface area contributed by atoms with Crippen molar-refractivity contribution in [2.45, 2.75) is 64.0 Å². The number of aryl methyl sites for hydroxylation is 1. The molecule has 4 rings (SSSR count). The Balaban J connectivity index is 1.45. The van der Waals surface area contributed by atoms with Gasteiger partial charge >= 0.3 is 6.03 Å². The first-order chi connectivity index (χ1) is 14.4. The number of rotatable bonds is 6. The Morgan fingerprint density at radius 1 is 1.23 bits per heavy atom. The quantitative estimate of drug-likeness (QED) is 0.712. The topological polar surface area (TPSA) is 91.7 Å². The molecule has 2 N–H and O–H groups in total. The van der Waals surface area contributed by atoms with Crippen LogP contribution in [0.5, 0.6) is 0 Å². The molecule has 1 saturated heterocycles. The molecule has 0 radical (unpaired) electrons. The number of hydrogen-bond acceptors (Lipinski definition) is 4. The monoisotopic (exact) mass is 411 g/mol. The molecule has 160 valence electrons. The lowest BCUT2D eigenvalue weighted by molar-refractivity contribution is -0.137. The molecule has 1 aliphatic heterocycles. The van der Waals surface area contributed by atoms with Gasteiger partial charge in [0.25, 0.3) is 5.91 Å². The summed E-state index contributed by atoms with van der Waals surface area (Å²) < 4.78 is 6.09. The molecule has 0 unspecified atom stereocenters. The van der Waals surface area contributed by atoms with Crippen molar-refractivity contribution in [2.75, 3.05) is 7.05 Å². The normalized spacial score (nSPS) is 23.6. The summed E-state index contributed by atoms with van der Waals surface area (Å²) in [6.07, 6.45) is 5.15. The van der Waals surface area contributed by atoms with E-state index in [1.807, 2.05) is 31.3 Å². The summed E-state index contributed by atoms with van der Waals surface area (Å²) in [6.45, 7) is 2.66. The smallest absolute Gasteiger partial charge is 0.322 e. The van der Waals surface area contributed by atoms with Crippen LogP contribution in [0.25, 0.3) is 11.0 Å². The van der Waals surface area contributed by atoms with Gasteiger partial charge in [-0.25, -0.2) is 4.79 Å². The van der Waals surface area contributed by atoms with E-state index < -0.39 is 11.6 Å². The van der Waals surface area contributed by atoms with Crippen LogP contribution in [0.1, 0.15) is 56.8 Å². The van der Waals surface area contributed by atoms with Gasteiger partial charge in [-0.1, -0.05) is 31.5 Å². The summed E-state index contributed by atoms with van der Waals surface area (Å²) in [4.78, 5) is 38.6. The van der Waals surface area contributed by atoms with Crippen LogP contribution in [0.15, 0.2) is 28.7 Å². The Hall–Kier alpha value is -2.83. The van der Waals surface area contributed by atoms with Gasteiger partial charge in [0.05, 0.1) is 0 Å². The number of furan rings is 1. The van der Waals surface area contributed by atoms with Crippen molar-refractivity contribution in [1.82, 2.24) is 15.5 Å². The molecule has 1 spiro atoms. The highest BCUT2D eigenvalue weighted by Gasteiger charge is 2.49. The molecule has 2 aliphatic rings. The van der Waals surface area contributed by atoms with Crippen LogP contribution >= 0.6 is 0 Å². The number of benzene rings is 1. The minimum absolute atomic E-state index is 0.0845. The van der Waals surface area contributed by atoms with E-state index in [1.165, 1.54) is 0 Å². The Morgan fingerprint density at radius 2 is 1.97 bits per heavy atom. The van der Waals surface area contributed by atoms with E-state index in [0.717, 1.165) is 41.6 Å². The number of fused-ring (bicyclic) bond motifs is 1. The molecule has 1 aromatic heterocycles. The SMILES string of the molecule is CCCCc1oc2ccccc2c1CN(C)C(=O)C1CCC2(CC1)NC(=O)NC2=O. The third-order valence-corrected chi connectivity index (χ3v) is 6.51. The van der Waals surface area contributed by atoms with E-state index >= 15 is 0 Å². The van der Waals surface area contributed by atoms with E-state index in [2.05, 4.69) is 17.6 Å². The summed E-state index contributed by atoms with van der Waals surface area (Å²) in [5.41, 5.74) is 1.12. The Morgan fingerprint density at radius 3 is 2.63 bits per heavy atom. The van der Waals surface area contributed by atoms with Crippen LogP contribution in [-0.4, -0.2) is 35.3 Å². The summed E-state index contributed by atoms with van der Waals surface area (Å²) >= 11 is 0. The lowest BCUT2D eigenvalue weighted by Crippen LogP contribution is -2.50. The predicted molar refractivity (Wildman–Crippen MR) is 113 cm³/mol. The molecule has 1 aliphatic carbocycles. The molecule has 0 bridgehead atoms. The molecule has 7 nitrogen and oxygen atoms in total. The summed E-state index contributed by atoms with van der Waals surface area (Å²) in [7, 11) is 1.84. The number of carbonyl (C=O) groups is 3. The molecular formula is C23H29N3O4. The average Bonchev–Trinajstić information content (AvgIpc) is 3.22. The van der Waals surface area contributed by atoms with Crippen LogP contribution in [0, 0.1) is 5.92 Å². The van der Waals surface area contributed by atoms with Gasteiger partial charge < -0.3 is 14.6 Å². The highest BCUT2D eigenvalue weighted by Crippen LogP contribution is 2.35. The number of urea groups is 1. The number of hydrogen-bond donors (Lipinski definition) is 2. The van der Waals surface area contributed by atoms with Gasteiger partial charge in [-0.05, 0) is 38.2 Å². The largest absolute Gasteiger partial charge is 0.461 e. The molecule has 0 atom stereocenters. The van der Waals surface area contributed by atoms with Gasteiger partial charge in [0, 0.05) is 36.9 Å². The first-order valence-corrected chi connectivity index (χ1v) is 10.8. The standard InChI is InChI=1S/C23H29N3O4/c1-3-4-8-19-17(16-7-5-6-9-18(16)30-19)14-26(2)20(27)15-10-12-23(13-11-15)21(28)24-22(29)25-23/h5-7,9,15H,3-4,8,10-14H2,1-2H3,(H2,24,25,28,29). The fourth-order valence-corrected chi connectivity index (χ4v) is 4.73. The third kappa shape index (κ3) is 3.68. The third-order valence-electron chi connectivity index (χ3n) is 6.51. The van der Waals surface area contributed by atoms with Crippen LogP contribution in [0.4, 0.5) is 4.79 Å². The number of imide groups is 1. The van der Waals surface area contributed by atoms with E-state index in [-0.39, 0.29) is 17.7 Å². The highest BCUT2D eigenvalue weighted by atomic mass is 16.3. The van der Waals surface area contributed by atoms with Crippen molar-refractivity contribution in [3.8, 4) is 0 Å². The fourth-order valence-electron chi connectivity index (χ4n) is 4.73. The molecule has 2 fully saturated rings. The van der Waals surface area contributed by atoms with Crippen LogP contribution in [-0.2, 0) is 22.6 Å². The second-order valence-corrected chi connectivity index (χ2v) is 8.56. The number of unbranched alkanes of at least 4 members (excludes halogenated alkanes) is 1. The number of nitrogens with one attached hydrogen (secondary N) is 2. The first-order valence-electron chi connectivity index (χ1n) is 10.8. The van der Waals surface area contributed by atoms with Gasteiger partial charge in [-0.2, -0.15) is 0 Å². The van der Waals surface area contributed by atoms with Crippen LogP contribution < -0.4 is 10.6 Å². The maximum Gasteiger partial charge on any atom is 0.322 e. The number of nitrogens with zero attached hydrogens (tertiary/aromatic N) is 1. The molecule has 30 heavy (non-hydrogen) atoms. The van der Waals surface area contributed by atoms with Gasteiger partial charge in [-0.15, -0.1) is 0 Å². The van der Waals surface area contributed by atoms with Crippen LogP contribution in [0.3, 0.4) is 0 Å². The first kappa shape index (κ1) is 20.4. The average molecular weight is 412 g/mol. The number of amides is 4. The van der Waals surface area contributed by atoms with Crippen molar-refractivity contribution in [1.29, 1.82) is 0 Å². The maximum atomic E-state index is 13.1. The Labute approximate surface area is 176 Å². The molecule has 2 aromatic rings. The van der Waals surface area contributed by atoms with Gasteiger partial charge in [0.15, 0.2) is 0 Å². The van der Waals surface area contributed by atoms with Crippen molar-refractivity contribution < 1.29 is 18.8 Å². The minimum atomic E-state index is -0.833. The fraction of sp³-hybridized carbons (Fsp3) is 0.522. The van der Waals surface area contributed by atoms with E-state index in [9.17, 15) is 14.4 Å². The second-order valence-electron chi connectivity index (χ2n) is 8.56. The zero-order chi connectivity index (χ0) is 21.3. The number of carbonyl (C=O) groups excluding carboxylic acids is 3. The molecular weight excluding hydrogens is 382 g/mol. The van der Waals surface area contributed by atoms with Crippen molar-refractivity contribution in [2.24, 2.45) is 5.92 Å². The lowest BCUT2D eigenvalue weighted by Gasteiger charge is -2.35. The molecule has 7 heteroatoms. The second kappa shape index (κ2) is 8.13.